The van der Waals surface area contributed by atoms with E-state index < -0.39 is 5.82 Å². The van der Waals surface area contributed by atoms with Gasteiger partial charge >= 0.3 is 5.56 Å². The van der Waals surface area contributed by atoms with Crippen LogP contribution in [-0.4, -0.2) is 9.56 Å². The standard InChI is InChI=1S/C20H16ClFN3O2/c1-12-19(13(2)27-23-12)15-11-24(10-14-6-7-17(22)16(21)9-14)18-5-3-4-8-25(18)20(15)26/h3-9,11H,10H2,1-2H3/q+1. The van der Waals surface area contributed by atoms with E-state index in [2.05, 4.69) is 5.16 Å². The fourth-order valence-electron chi connectivity index (χ4n) is 3.25. The van der Waals surface area contributed by atoms with E-state index in [1.807, 2.05) is 16.7 Å². The lowest BCUT2D eigenvalue weighted by Gasteiger charge is -2.08. The second kappa shape index (κ2) is 6.63. The van der Waals surface area contributed by atoms with Crippen LogP contribution in [-0.2, 0) is 6.54 Å². The fourth-order valence-corrected chi connectivity index (χ4v) is 3.45. The lowest BCUT2D eigenvalue weighted by atomic mass is 10.1. The van der Waals surface area contributed by atoms with Gasteiger partial charge in [-0.2, -0.15) is 4.40 Å². The molecule has 27 heavy (non-hydrogen) atoms. The van der Waals surface area contributed by atoms with Crippen LogP contribution >= 0.6 is 11.6 Å². The maximum absolute atomic E-state index is 13.5. The van der Waals surface area contributed by atoms with E-state index in [0.29, 0.717) is 34.8 Å². The van der Waals surface area contributed by atoms with Crippen molar-refractivity contribution in [2.24, 2.45) is 0 Å². The number of halogens is 2. The Morgan fingerprint density at radius 2 is 2.07 bits per heavy atom. The summed E-state index contributed by atoms with van der Waals surface area (Å²) in [4.78, 5) is 13.0. The van der Waals surface area contributed by atoms with Crippen molar-refractivity contribution in [1.29, 1.82) is 0 Å². The highest BCUT2D eigenvalue weighted by atomic mass is 35.5. The second-order valence-electron chi connectivity index (χ2n) is 6.35. The molecule has 0 aliphatic heterocycles. The van der Waals surface area contributed by atoms with E-state index >= 15 is 0 Å². The van der Waals surface area contributed by atoms with Crippen LogP contribution in [0.25, 0.3) is 16.8 Å². The Bertz CT molecular complexity index is 1210. The first-order valence-electron chi connectivity index (χ1n) is 8.36. The molecule has 0 radical (unpaired) electrons. The Kier molecular flexibility index (Phi) is 4.28. The number of rotatable bonds is 3. The molecule has 0 bridgehead atoms. The summed E-state index contributed by atoms with van der Waals surface area (Å²) in [5.41, 5.74) is 3.19. The lowest BCUT2D eigenvalue weighted by molar-refractivity contribution is -0.665. The van der Waals surface area contributed by atoms with Gasteiger partial charge in [-0.05, 0) is 37.6 Å². The van der Waals surface area contributed by atoms with Crippen LogP contribution in [0.1, 0.15) is 17.0 Å². The lowest BCUT2D eigenvalue weighted by Crippen LogP contribution is -2.40. The SMILES string of the molecule is Cc1noc(C)c1-c1c[n+](Cc2ccc(F)c(Cl)c2)c2ccccn2c1=O. The van der Waals surface area contributed by atoms with Crippen molar-refractivity contribution in [3.8, 4) is 11.1 Å². The quantitative estimate of drug-likeness (QED) is 0.506. The van der Waals surface area contributed by atoms with Gasteiger partial charge in [-0.3, -0.25) is 0 Å². The smallest absolute Gasteiger partial charge is 0.350 e. The molecule has 0 N–H and O–H groups in total. The van der Waals surface area contributed by atoms with Gasteiger partial charge in [-0.25, -0.2) is 13.8 Å². The number of hydrogen-bond acceptors (Lipinski definition) is 3. The third kappa shape index (κ3) is 3.02. The van der Waals surface area contributed by atoms with E-state index in [1.54, 1.807) is 48.8 Å². The van der Waals surface area contributed by atoms with Crippen molar-refractivity contribution in [2.75, 3.05) is 0 Å². The number of aromatic nitrogens is 3. The minimum Gasteiger partial charge on any atom is -0.361 e. The summed E-state index contributed by atoms with van der Waals surface area (Å²) >= 11 is 5.92. The first-order chi connectivity index (χ1) is 13.0. The third-order valence-electron chi connectivity index (χ3n) is 4.51. The van der Waals surface area contributed by atoms with Gasteiger partial charge in [-0.15, -0.1) is 0 Å². The number of nitrogens with zero attached hydrogens (tertiary/aromatic N) is 3. The summed E-state index contributed by atoms with van der Waals surface area (Å²) < 4.78 is 22.2. The van der Waals surface area contributed by atoms with Crippen LogP contribution in [0.2, 0.25) is 5.02 Å². The largest absolute Gasteiger partial charge is 0.361 e. The van der Waals surface area contributed by atoms with Crippen molar-refractivity contribution in [2.45, 2.75) is 20.4 Å². The summed E-state index contributed by atoms with van der Waals surface area (Å²) in [5, 5.41) is 4.02. The molecule has 0 aliphatic carbocycles. The summed E-state index contributed by atoms with van der Waals surface area (Å²) in [6, 6.07) is 10.1. The zero-order valence-electron chi connectivity index (χ0n) is 14.7. The molecule has 4 aromatic rings. The minimum absolute atomic E-state index is 0.0662. The molecule has 0 atom stereocenters. The highest BCUT2D eigenvalue weighted by Gasteiger charge is 2.22. The van der Waals surface area contributed by atoms with Crippen LogP contribution in [0.15, 0.2) is 58.1 Å². The first-order valence-corrected chi connectivity index (χ1v) is 8.74. The molecule has 0 aliphatic rings. The molecule has 0 saturated heterocycles. The molecule has 136 valence electrons. The van der Waals surface area contributed by atoms with Crippen LogP contribution in [0, 0.1) is 19.7 Å². The molecule has 7 heteroatoms. The van der Waals surface area contributed by atoms with Crippen molar-refractivity contribution < 1.29 is 13.5 Å². The van der Waals surface area contributed by atoms with Crippen LogP contribution in [0.3, 0.4) is 0 Å². The summed E-state index contributed by atoms with van der Waals surface area (Å²) in [5.74, 6) is 0.118. The number of benzene rings is 1. The number of hydrogen-bond donors (Lipinski definition) is 0. The predicted molar refractivity (Wildman–Crippen MR) is 99.3 cm³/mol. The van der Waals surface area contributed by atoms with E-state index in [-0.39, 0.29) is 10.6 Å². The average molecular weight is 385 g/mol. The third-order valence-corrected chi connectivity index (χ3v) is 4.80. The Morgan fingerprint density at radius 3 is 2.78 bits per heavy atom. The normalized spacial score (nSPS) is 11.3. The number of fused-ring (bicyclic) bond motifs is 1. The van der Waals surface area contributed by atoms with Gasteiger partial charge in [0.1, 0.15) is 29.9 Å². The second-order valence-corrected chi connectivity index (χ2v) is 6.76. The molecular weight excluding hydrogens is 369 g/mol. The Morgan fingerprint density at radius 1 is 1.26 bits per heavy atom. The average Bonchev–Trinajstić information content (AvgIpc) is 2.99. The van der Waals surface area contributed by atoms with Gasteiger partial charge in [0.05, 0.1) is 22.5 Å². The first kappa shape index (κ1) is 17.4. The van der Waals surface area contributed by atoms with Crippen LogP contribution in [0.4, 0.5) is 4.39 Å². The Labute approximate surface area is 159 Å². The molecule has 0 unspecified atom stereocenters. The summed E-state index contributed by atoms with van der Waals surface area (Å²) in [7, 11) is 0. The van der Waals surface area contributed by atoms with Gasteiger partial charge in [0.15, 0.2) is 0 Å². The molecular formula is C20H16ClFN3O2+. The summed E-state index contributed by atoms with van der Waals surface area (Å²) in [6.07, 6.45) is 3.49. The number of aryl methyl sites for hydroxylation is 2. The topological polar surface area (TPSA) is 51.4 Å². The molecule has 3 aromatic heterocycles. The van der Waals surface area contributed by atoms with Gasteiger partial charge < -0.3 is 4.52 Å². The van der Waals surface area contributed by atoms with Gasteiger partial charge in [0, 0.05) is 6.07 Å². The number of pyridine rings is 1. The molecule has 3 heterocycles. The van der Waals surface area contributed by atoms with Gasteiger partial charge in [0.2, 0.25) is 0 Å². The molecule has 0 amide bonds. The van der Waals surface area contributed by atoms with E-state index in [0.717, 1.165) is 5.56 Å². The van der Waals surface area contributed by atoms with Crippen molar-refractivity contribution in [3.05, 3.63) is 87.0 Å². The Hall–Kier alpha value is -2.99. The highest BCUT2D eigenvalue weighted by molar-refractivity contribution is 6.30. The maximum Gasteiger partial charge on any atom is 0.350 e. The zero-order valence-corrected chi connectivity index (χ0v) is 15.5. The van der Waals surface area contributed by atoms with E-state index in [9.17, 15) is 9.18 Å². The van der Waals surface area contributed by atoms with Crippen LogP contribution in [0.5, 0.6) is 0 Å². The molecule has 5 nitrogen and oxygen atoms in total. The highest BCUT2D eigenvalue weighted by Crippen LogP contribution is 2.23. The van der Waals surface area contributed by atoms with E-state index in [4.69, 9.17) is 16.1 Å². The predicted octanol–water partition coefficient (Wildman–Crippen LogP) is 3.70. The Balaban J connectivity index is 1.95. The van der Waals surface area contributed by atoms with Gasteiger partial charge in [0.25, 0.3) is 5.65 Å². The minimum atomic E-state index is -0.462. The molecule has 0 spiro atoms. The van der Waals surface area contributed by atoms with Crippen molar-refractivity contribution >= 4 is 17.2 Å². The van der Waals surface area contributed by atoms with Crippen molar-refractivity contribution in [1.82, 2.24) is 9.56 Å². The zero-order chi connectivity index (χ0) is 19.1. The fraction of sp³-hybridized carbons (Fsp3) is 0.150. The molecule has 1 aromatic carbocycles. The molecule has 0 saturated carbocycles. The maximum atomic E-state index is 13.5. The van der Waals surface area contributed by atoms with E-state index in [1.165, 1.54) is 6.07 Å². The summed E-state index contributed by atoms with van der Waals surface area (Å²) in [6.45, 7) is 4.00. The van der Waals surface area contributed by atoms with Crippen molar-refractivity contribution in [3.63, 3.8) is 0 Å². The monoisotopic (exact) mass is 384 g/mol. The molecule has 4 rings (SSSR count). The van der Waals surface area contributed by atoms with Crippen LogP contribution < -0.4 is 10.1 Å². The van der Waals surface area contributed by atoms with Gasteiger partial charge in [-0.1, -0.05) is 28.9 Å². The molecule has 0 fully saturated rings.